The van der Waals surface area contributed by atoms with Crippen molar-refractivity contribution in [3.63, 3.8) is 0 Å². The third-order valence-electron chi connectivity index (χ3n) is 2.70. The summed E-state index contributed by atoms with van der Waals surface area (Å²) in [5.74, 6) is -1.15. The number of benzene rings is 2. The van der Waals surface area contributed by atoms with Crippen LogP contribution in [0.2, 0.25) is 0 Å². The Kier molecular flexibility index (Phi) is 5.09. The average molecular weight is 298 g/mol. The Morgan fingerprint density at radius 2 is 1.75 bits per heavy atom. The molecule has 0 heterocycles. The molecule has 2 rings (SSSR count). The average Bonchev–Trinajstić information content (AvgIpc) is 2.41. The summed E-state index contributed by atoms with van der Waals surface area (Å²) >= 11 is 1.27. The molecule has 0 aliphatic carbocycles. The van der Waals surface area contributed by atoms with Crippen molar-refractivity contribution in [1.29, 1.82) is 0 Å². The minimum Gasteiger partial charge on any atom is -0.392 e. The first kappa shape index (κ1) is 14.9. The van der Waals surface area contributed by atoms with Crippen molar-refractivity contribution in [1.82, 2.24) is 0 Å². The van der Waals surface area contributed by atoms with Crippen LogP contribution in [-0.4, -0.2) is 17.0 Å². The minimum absolute atomic E-state index is 0.0198. The summed E-state index contributed by atoms with van der Waals surface area (Å²) in [6.07, 6.45) is -0.814. The summed E-state index contributed by atoms with van der Waals surface area (Å²) in [4.78, 5) is 0.684. The van der Waals surface area contributed by atoms with Crippen LogP contribution in [0.5, 0.6) is 0 Å². The molecule has 0 aromatic heterocycles. The molecule has 5 heteroatoms. The second-order valence-electron chi connectivity index (χ2n) is 4.36. The number of aliphatic hydroxyl groups excluding tert-OH is 1. The van der Waals surface area contributed by atoms with Crippen molar-refractivity contribution in [2.45, 2.75) is 17.4 Å². The molecule has 20 heavy (non-hydrogen) atoms. The Bertz CT molecular complexity index is 589. The highest BCUT2D eigenvalue weighted by Gasteiger charge is 2.11. The van der Waals surface area contributed by atoms with Gasteiger partial charge in [-0.15, -0.1) is 11.8 Å². The standard InChI is InChI=1S/C15H13F3OS/c16-11-2-1-3-14(8-11)20-9-13(19)7-10-6-12(17)4-5-15(10)18/h1-6,8,13,19H,7,9H2. The molecule has 0 fully saturated rings. The first-order chi connectivity index (χ1) is 9.54. The zero-order valence-corrected chi connectivity index (χ0v) is 11.3. The monoisotopic (exact) mass is 298 g/mol. The van der Waals surface area contributed by atoms with E-state index in [1.165, 1.54) is 23.9 Å². The fourth-order valence-electron chi connectivity index (χ4n) is 1.76. The van der Waals surface area contributed by atoms with Gasteiger partial charge in [0.15, 0.2) is 0 Å². The maximum absolute atomic E-state index is 13.4. The molecular weight excluding hydrogens is 285 g/mol. The second-order valence-corrected chi connectivity index (χ2v) is 5.46. The van der Waals surface area contributed by atoms with Gasteiger partial charge in [0.2, 0.25) is 0 Å². The van der Waals surface area contributed by atoms with E-state index in [-0.39, 0.29) is 23.6 Å². The van der Waals surface area contributed by atoms with Gasteiger partial charge in [0.1, 0.15) is 17.5 Å². The lowest BCUT2D eigenvalue weighted by Crippen LogP contribution is -2.14. The van der Waals surface area contributed by atoms with E-state index in [0.717, 1.165) is 18.2 Å². The van der Waals surface area contributed by atoms with Crippen LogP contribution in [-0.2, 0) is 6.42 Å². The maximum Gasteiger partial charge on any atom is 0.126 e. The van der Waals surface area contributed by atoms with Crippen molar-refractivity contribution in [3.05, 3.63) is 65.5 Å². The Morgan fingerprint density at radius 3 is 2.50 bits per heavy atom. The molecule has 0 bridgehead atoms. The van der Waals surface area contributed by atoms with Crippen LogP contribution in [0.15, 0.2) is 47.4 Å². The zero-order valence-electron chi connectivity index (χ0n) is 10.5. The van der Waals surface area contributed by atoms with E-state index >= 15 is 0 Å². The van der Waals surface area contributed by atoms with Crippen molar-refractivity contribution in [2.24, 2.45) is 0 Å². The normalized spacial score (nSPS) is 12.4. The van der Waals surface area contributed by atoms with Crippen LogP contribution in [0.3, 0.4) is 0 Å². The van der Waals surface area contributed by atoms with Gasteiger partial charge in [-0.05, 0) is 42.0 Å². The fraction of sp³-hybridized carbons (Fsp3) is 0.200. The molecule has 0 aliphatic heterocycles. The Hall–Kier alpha value is -1.46. The molecule has 106 valence electrons. The van der Waals surface area contributed by atoms with Crippen LogP contribution in [0, 0.1) is 17.5 Å². The molecule has 0 aliphatic rings. The molecule has 2 aromatic carbocycles. The molecule has 0 radical (unpaired) electrons. The Balaban J connectivity index is 1.92. The van der Waals surface area contributed by atoms with Crippen molar-refractivity contribution in [2.75, 3.05) is 5.75 Å². The van der Waals surface area contributed by atoms with Crippen LogP contribution in [0.25, 0.3) is 0 Å². The summed E-state index contributed by atoms with van der Waals surface area (Å²) in [5, 5.41) is 9.84. The van der Waals surface area contributed by atoms with E-state index in [2.05, 4.69) is 0 Å². The number of hydrogen-bond acceptors (Lipinski definition) is 2. The zero-order chi connectivity index (χ0) is 14.5. The van der Waals surface area contributed by atoms with Gasteiger partial charge in [-0.25, -0.2) is 13.2 Å². The molecule has 0 saturated carbocycles. The topological polar surface area (TPSA) is 20.2 Å². The van der Waals surface area contributed by atoms with Crippen LogP contribution in [0.4, 0.5) is 13.2 Å². The second kappa shape index (κ2) is 6.81. The van der Waals surface area contributed by atoms with Crippen LogP contribution < -0.4 is 0 Å². The van der Waals surface area contributed by atoms with E-state index in [4.69, 9.17) is 0 Å². The van der Waals surface area contributed by atoms with Crippen molar-refractivity contribution < 1.29 is 18.3 Å². The van der Waals surface area contributed by atoms with Gasteiger partial charge < -0.3 is 5.11 Å². The molecule has 0 saturated heterocycles. The van der Waals surface area contributed by atoms with E-state index in [0.29, 0.717) is 4.90 Å². The molecule has 1 nitrogen and oxygen atoms in total. The molecule has 1 atom stereocenters. The van der Waals surface area contributed by atoms with Gasteiger partial charge in [0.25, 0.3) is 0 Å². The highest BCUT2D eigenvalue weighted by molar-refractivity contribution is 7.99. The number of halogens is 3. The SMILES string of the molecule is OC(CSc1cccc(F)c1)Cc1cc(F)ccc1F. The summed E-state index contributed by atoms with van der Waals surface area (Å²) in [7, 11) is 0. The predicted molar refractivity (Wildman–Crippen MR) is 73.2 cm³/mol. The van der Waals surface area contributed by atoms with E-state index in [1.807, 2.05) is 0 Å². The summed E-state index contributed by atoms with van der Waals surface area (Å²) < 4.78 is 39.4. The Labute approximate surface area is 119 Å². The first-order valence-corrected chi connectivity index (χ1v) is 7.03. The third-order valence-corrected chi connectivity index (χ3v) is 3.84. The lowest BCUT2D eigenvalue weighted by molar-refractivity contribution is 0.198. The van der Waals surface area contributed by atoms with Gasteiger partial charge in [0.05, 0.1) is 6.10 Å². The minimum atomic E-state index is -0.834. The summed E-state index contributed by atoms with van der Waals surface area (Å²) in [6, 6.07) is 9.15. The van der Waals surface area contributed by atoms with Crippen molar-refractivity contribution >= 4 is 11.8 Å². The van der Waals surface area contributed by atoms with Crippen molar-refractivity contribution in [3.8, 4) is 0 Å². The highest BCUT2D eigenvalue weighted by Crippen LogP contribution is 2.21. The molecule has 1 unspecified atom stereocenters. The summed E-state index contributed by atoms with van der Waals surface area (Å²) in [5.41, 5.74) is 0.136. The third kappa shape index (κ3) is 4.28. The smallest absolute Gasteiger partial charge is 0.126 e. The van der Waals surface area contributed by atoms with Crippen LogP contribution in [0.1, 0.15) is 5.56 Å². The number of rotatable bonds is 5. The Morgan fingerprint density at radius 1 is 1.00 bits per heavy atom. The number of hydrogen-bond donors (Lipinski definition) is 1. The molecule has 1 N–H and O–H groups in total. The fourth-order valence-corrected chi connectivity index (χ4v) is 2.64. The van der Waals surface area contributed by atoms with Gasteiger partial charge in [-0.2, -0.15) is 0 Å². The van der Waals surface area contributed by atoms with Gasteiger partial charge in [-0.3, -0.25) is 0 Å². The van der Waals surface area contributed by atoms with E-state index in [1.54, 1.807) is 12.1 Å². The molecular formula is C15H13F3OS. The van der Waals surface area contributed by atoms with Gasteiger partial charge in [0, 0.05) is 17.1 Å². The van der Waals surface area contributed by atoms with Crippen LogP contribution >= 0.6 is 11.8 Å². The van der Waals surface area contributed by atoms with Gasteiger partial charge in [-0.1, -0.05) is 6.07 Å². The molecule has 0 spiro atoms. The number of aliphatic hydroxyl groups is 1. The maximum atomic E-state index is 13.4. The van der Waals surface area contributed by atoms with Gasteiger partial charge >= 0.3 is 0 Å². The lowest BCUT2D eigenvalue weighted by atomic mass is 10.1. The van der Waals surface area contributed by atoms with E-state index < -0.39 is 17.7 Å². The lowest BCUT2D eigenvalue weighted by Gasteiger charge is -2.11. The molecule has 2 aromatic rings. The quantitative estimate of drug-likeness (QED) is 0.847. The predicted octanol–water partition coefficient (Wildman–Crippen LogP) is 3.80. The molecule has 0 amide bonds. The highest BCUT2D eigenvalue weighted by atomic mass is 32.2. The summed E-state index contributed by atoms with van der Waals surface area (Å²) in [6.45, 7) is 0. The van der Waals surface area contributed by atoms with E-state index in [9.17, 15) is 18.3 Å². The first-order valence-electron chi connectivity index (χ1n) is 6.05. The number of thioether (sulfide) groups is 1. The largest absolute Gasteiger partial charge is 0.392 e.